The Labute approximate surface area is 122 Å². The first-order valence-corrected chi connectivity index (χ1v) is 6.30. The average Bonchev–Trinajstić information content (AvgIpc) is 2.48. The number of nitrogens with one attached hydrogen (secondary N) is 1. The Morgan fingerprint density at radius 1 is 1.15 bits per heavy atom. The number of terminal acetylenes is 1. The normalized spacial score (nSPS) is 9.60. The van der Waals surface area contributed by atoms with E-state index in [4.69, 9.17) is 22.8 Å². The molecule has 0 aliphatic rings. The van der Waals surface area contributed by atoms with Crippen LogP contribution in [0.2, 0.25) is 5.02 Å². The molecule has 2 aromatic carbocycles. The molecule has 0 radical (unpaired) electrons. The molecule has 0 fully saturated rings. The average molecular weight is 286 g/mol. The Balaban J connectivity index is 2.02. The second-order valence-corrected chi connectivity index (χ2v) is 4.41. The molecule has 0 saturated carbocycles. The van der Waals surface area contributed by atoms with Crippen molar-refractivity contribution in [1.29, 1.82) is 0 Å². The van der Waals surface area contributed by atoms with Gasteiger partial charge in [0.2, 0.25) is 0 Å². The lowest BCUT2D eigenvalue weighted by Gasteiger charge is -2.06. The fourth-order valence-electron chi connectivity index (χ4n) is 1.56. The summed E-state index contributed by atoms with van der Waals surface area (Å²) in [5.41, 5.74) is 1.22. The summed E-state index contributed by atoms with van der Waals surface area (Å²) in [6.45, 7) is 0.205. The zero-order valence-electron chi connectivity index (χ0n) is 10.6. The minimum atomic E-state index is -0.198. The van der Waals surface area contributed by atoms with Crippen molar-refractivity contribution in [3.05, 3.63) is 59.1 Å². The summed E-state index contributed by atoms with van der Waals surface area (Å²) in [6, 6.07) is 13.7. The number of hydrogen-bond acceptors (Lipinski definition) is 2. The summed E-state index contributed by atoms with van der Waals surface area (Å²) in [4.78, 5) is 12.0. The van der Waals surface area contributed by atoms with Crippen LogP contribution in [0.4, 0.5) is 5.69 Å². The van der Waals surface area contributed by atoms with E-state index < -0.39 is 0 Å². The van der Waals surface area contributed by atoms with Crippen LogP contribution < -0.4 is 10.1 Å². The highest BCUT2D eigenvalue weighted by atomic mass is 35.5. The molecule has 0 spiro atoms. The van der Waals surface area contributed by atoms with E-state index in [1.807, 2.05) is 0 Å². The SMILES string of the molecule is C#CCOc1ccc(C(=O)Nc2ccc(Cl)cc2)cc1. The number of rotatable bonds is 4. The Morgan fingerprint density at radius 2 is 1.80 bits per heavy atom. The predicted molar refractivity (Wildman–Crippen MR) is 80.2 cm³/mol. The van der Waals surface area contributed by atoms with Gasteiger partial charge in [-0.05, 0) is 48.5 Å². The Kier molecular flexibility index (Phi) is 4.65. The maximum Gasteiger partial charge on any atom is 0.255 e. The van der Waals surface area contributed by atoms with E-state index in [0.29, 0.717) is 22.0 Å². The number of carbonyl (C=O) groups is 1. The third-order valence-electron chi connectivity index (χ3n) is 2.54. The molecule has 3 nitrogen and oxygen atoms in total. The molecule has 4 heteroatoms. The summed E-state index contributed by atoms with van der Waals surface area (Å²) in [5, 5.41) is 3.40. The van der Waals surface area contributed by atoms with Crippen LogP contribution in [-0.2, 0) is 0 Å². The lowest BCUT2D eigenvalue weighted by molar-refractivity contribution is 0.102. The predicted octanol–water partition coefficient (Wildman–Crippen LogP) is 3.60. The maximum atomic E-state index is 12.0. The summed E-state index contributed by atoms with van der Waals surface area (Å²) < 4.78 is 5.24. The van der Waals surface area contributed by atoms with Gasteiger partial charge in [-0.3, -0.25) is 4.79 Å². The molecule has 2 aromatic rings. The van der Waals surface area contributed by atoms with Gasteiger partial charge in [0.15, 0.2) is 0 Å². The summed E-state index contributed by atoms with van der Waals surface area (Å²) >= 11 is 5.78. The molecular weight excluding hydrogens is 274 g/mol. The highest BCUT2D eigenvalue weighted by molar-refractivity contribution is 6.30. The number of hydrogen-bond donors (Lipinski definition) is 1. The number of amides is 1. The van der Waals surface area contributed by atoms with Gasteiger partial charge in [-0.2, -0.15) is 0 Å². The van der Waals surface area contributed by atoms with Gasteiger partial charge in [0.25, 0.3) is 5.91 Å². The molecule has 0 aromatic heterocycles. The molecule has 20 heavy (non-hydrogen) atoms. The molecule has 0 unspecified atom stereocenters. The molecule has 0 saturated heterocycles. The van der Waals surface area contributed by atoms with Crippen molar-refractivity contribution in [2.75, 3.05) is 11.9 Å². The third kappa shape index (κ3) is 3.78. The smallest absolute Gasteiger partial charge is 0.255 e. The van der Waals surface area contributed by atoms with Gasteiger partial charge < -0.3 is 10.1 Å². The first kappa shape index (κ1) is 14.0. The Bertz CT molecular complexity index is 627. The van der Waals surface area contributed by atoms with Crippen molar-refractivity contribution >= 4 is 23.2 Å². The fraction of sp³-hybridized carbons (Fsp3) is 0.0625. The van der Waals surface area contributed by atoms with E-state index in [9.17, 15) is 4.79 Å². The van der Waals surface area contributed by atoms with Gasteiger partial charge >= 0.3 is 0 Å². The largest absolute Gasteiger partial charge is 0.481 e. The van der Waals surface area contributed by atoms with Gasteiger partial charge in [0.05, 0.1) is 0 Å². The molecule has 0 atom stereocenters. The summed E-state index contributed by atoms with van der Waals surface area (Å²) in [7, 11) is 0. The van der Waals surface area contributed by atoms with Crippen LogP contribution in [0.1, 0.15) is 10.4 Å². The zero-order valence-corrected chi connectivity index (χ0v) is 11.4. The number of halogens is 1. The minimum Gasteiger partial charge on any atom is -0.481 e. The summed E-state index contributed by atoms with van der Waals surface area (Å²) in [5.74, 6) is 2.81. The van der Waals surface area contributed by atoms with E-state index in [2.05, 4.69) is 11.2 Å². The standard InChI is InChI=1S/C16H12ClNO2/c1-2-11-20-15-9-3-12(4-10-15)16(19)18-14-7-5-13(17)6-8-14/h1,3-10H,11H2,(H,18,19). The van der Waals surface area contributed by atoms with Gasteiger partial charge in [-0.1, -0.05) is 17.5 Å². The first-order chi connectivity index (χ1) is 9.69. The Hall–Kier alpha value is -2.44. The van der Waals surface area contributed by atoms with Gasteiger partial charge in [-0.15, -0.1) is 6.42 Å². The molecule has 2 rings (SSSR count). The monoisotopic (exact) mass is 285 g/mol. The van der Waals surface area contributed by atoms with E-state index >= 15 is 0 Å². The fourth-order valence-corrected chi connectivity index (χ4v) is 1.69. The third-order valence-corrected chi connectivity index (χ3v) is 2.79. The molecule has 0 aliphatic heterocycles. The molecule has 1 amide bonds. The molecule has 0 bridgehead atoms. The van der Waals surface area contributed by atoms with Gasteiger partial charge in [0.1, 0.15) is 12.4 Å². The minimum absolute atomic E-state index is 0.198. The van der Waals surface area contributed by atoms with Gasteiger partial charge in [-0.25, -0.2) is 0 Å². The molecule has 0 aliphatic carbocycles. The maximum absolute atomic E-state index is 12.0. The lowest BCUT2D eigenvalue weighted by atomic mass is 10.2. The van der Waals surface area contributed by atoms with Crippen LogP contribution in [-0.4, -0.2) is 12.5 Å². The van der Waals surface area contributed by atoms with Gasteiger partial charge in [0, 0.05) is 16.3 Å². The van der Waals surface area contributed by atoms with E-state index in [-0.39, 0.29) is 12.5 Å². The van der Waals surface area contributed by atoms with Crippen LogP contribution in [0.3, 0.4) is 0 Å². The van der Waals surface area contributed by atoms with Crippen LogP contribution in [0.15, 0.2) is 48.5 Å². The highest BCUT2D eigenvalue weighted by Crippen LogP contribution is 2.16. The van der Waals surface area contributed by atoms with Crippen molar-refractivity contribution in [3.8, 4) is 18.1 Å². The molecular formula is C16H12ClNO2. The molecule has 1 N–H and O–H groups in total. The van der Waals surface area contributed by atoms with E-state index in [1.165, 1.54) is 0 Å². The van der Waals surface area contributed by atoms with Crippen LogP contribution in [0.5, 0.6) is 5.75 Å². The van der Waals surface area contributed by atoms with Crippen molar-refractivity contribution in [2.45, 2.75) is 0 Å². The van der Waals surface area contributed by atoms with E-state index in [0.717, 1.165) is 0 Å². The highest BCUT2D eigenvalue weighted by Gasteiger charge is 2.06. The Morgan fingerprint density at radius 3 is 2.40 bits per heavy atom. The van der Waals surface area contributed by atoms with Crippen molar-refractivity contribution < 1.29 is 9.53 Å². The van der Waals surface area contributed by atoms with Crippen molar-refractivity contribution in [3.63, 3.8) is 0 Å². The molecule has 100 valence electrons. The quantitative estimate of drug-likeness (QED) is 0.872. The molecule has 0 heterocycles. The van der Waals surface area contributed by atoms with Crippen molar-refractivity contribution in [2.24, 2.45) is 0 Å². The van der Waals surface area contributed by atoms with Crippen LogP contribution in [0, 0.1) is 12.3 Å². The van der Waals surface area contributed by atoms with Crippen LogP contribution in [0.25, 0.3) is 0 Å². The number of benzene rings is 2. The second-order valence-electron chi connectivity index (χ2n) is 3.98. The second kappa shape index (κ2) is 6.65. The van der Waals surface area contributed by atoms with E-state index in [1.54, 1.807) is 48.5 Å². The first-order valence-electron chi connectivity index (χ1n) is 5.92. The van der Waals surface area contributed by atoms with Crippen LogP contribution >= 0.6 is 11.6 Å². The number of carbonyl (C=O) groups excluding carboxylic acids is 1. The summed E-state index contributed by atoms with van der Waals surface area (Å²) in [6.07, 6.45) is 5.10. The number of anilines is 1. The topological polar surface area (TPSA) is 38.3 Å². The van der Waals surface area contributed by atoms with Crippen molar-refractivity contribution in [1.82, 2.24) is 0 Å². The lowest BCUT2D eigenvalue weighted by Crippen LogP contribution is -2.11. The number of ether oxygens (including phenoxy) is 1. The zero-order chi connectivity index (χ0) is 14.4.